The van der Waals surface area contributed by atoms with Crippen LogP contribution in [-0.2, 0) is 0 Å². The van der Waals surface area contributed by atoms with Crippen LogP contribution >= 0.6 is 11.3 Å². The summed E-state index contributed by atoms with van der Waals surface area (Å²) in [5, 5.41) is 0. The fraction of sp³-hybridized carbons (Fsp3) is 0.583. The molecule has 4 heteroatoms. The molecule has 1 aliphatic heterocycles. The summed E-state index contributed by atoms with van der Waals surface area (Å²) in [6.45, 7) is 5.93. The number of hydrogen-bond donors (Lipinski definition) is 1. The number of aryl methyl sites for hydroxylation is 1. The van der Waals surface area contributed by atoms with Gasteiger partial charge in [0, 0.05) is 23.7 Å². The Bertz CT molecular complexity index is 380. The third kappa shape index (κ3) is 2.21. The number of thiophene rings is 1. The second-order valence-corrected chi connectivity index (χ2v) is 5.88. The molecule has 0 aliphatic carbocycles. The van der Waals surface area contributed by atoms with Crippen LogP contribution in [0.3, 0.4) is 0 Å². The molecule has 1 aliphatic rings. The lowest BCUT2D eigenvalue weighted by molar-refractivity contribution is 0.0688. The van der Waals surface area contributed by atoms with Gasteiger partial charge in [-0.3, -0.25) is 4.79 Å². The van der Waals surface area contributed by atoms with Gasteiger partial charge in [-0.2, -0.15) is 0 Å². The number of likely N-dealkylation sites (tertiary alicyclic amines) is 1. The van der Waals surface area contributed by atoms with E-state index in [9.17, 15) is 4.79 Å². The fourth-order valence-corrected chi connectivity index (χ4v) is 3.04. The first-order chi connectivity index (χ1) is 7.58. The van der Waals surface area contributed by atoms with Crippen molar-refractivity contribution in [3.8, 4) is 0 Å². The first kappa shape index (κ1) is 11.5. The van der Waals surface area contributed by atoms with E-state index in [1.807, 2.05) is 17.9 Å². The molecule has 1 amide bonds. The zero-order valence-corrected chi connectivity index (χ0v) is 10.6. The Morgan fingerprint density at radius 3 is 2.94 bits per heavy atom. The minimum absolute atomic E-state index is 0.149. The van der Waals surface area contributed by atoms with Crippen LogP contribution in [0.2, 0.25) is 0 Å². The highest BCUT2D eigenvalue weighted by Crippen LogP contribution is 2.26. The summed E-state index contributed by atoms with van der Waals surface area (Å²) < 4.78 is 0. The maximum absolute atomic E-state index is 12.2. The van der Waals surface area contributed by atoms with E-state index in [0.29, 0.717) is 5.92 Å². The number of nitrogens with two attached hydrogens (primary N) is 1. The van der Waals surface area contributed by atoms with Crippen LogP contribution in [0.25, 0.3) is 0 Å². The molecular weight excluding hydrogens is 220 g/mol. The number of amides is 1. The molecule has 3 nitrogen and oxygen atoms in total. The highest BCUT2D eigenvalue weighted by Gasteiger charge is 2.23. The lowest BCUT2D eigenvalue weighted by Crippen LogP contribution is -2.38. The minimum atomic E-state index is 0.149. The van der Waals surface area contributed by atoms with Gasteiger partial charge < -0.3 is 10.6 Å². The van der Waals surface area contributed by atoms with E-state index in [2.05, 4.69) is 6.92 Å². The summed E-state index contributed by atoms with van der Waals surface area (Å²) in [6.07, 6.45) is 2.35. The molecule has 1 fully saturated rings. The quantitative estimate of drug-likeness (QED) is 0.817. The van der Waals surface area contributed by atoms with E-state index < -0.39 is 0 Å². The maximum Gasteiger partial charge on any atom is 0.264 e. The first-order valence-electron chi connectivity index (χ1n) is 5.73. The van der Waals surface area contributed by atoms with E-state index in [1.54, 1.807) is 0 Å². The summed E-state index contributed by atoms with van der Waals surface area (Å²) in [6, 6.07) is 1.81. The van der Waals surface area contributed by atoms with E-state index >= 15 is 0 Å². The normalized spacial score (nSPS) is 21.1. The van der Waals surface area contributed by atoms with Crippen molar-refractivity contribution in [2.45, 2.75) is 26.7 Å². The average molecular weight is 238 g/mol. The van der Waals surface area contributed by atoms with Crippen LogP contribution in [-0.4, -0.2) is 23.9 Å². The minimum Gasteiger partial charge on any atom is -0.398 e. The standard InChI is InChI=1S/C12H18N2OS/c1-8-4-3-5-14(7-8)12(15)11-6-10(13)9(2)16-11/h6,8H,3-5,7,13H2,1-2H3. The topological polar surface area (TPSA) is 46.3 Å². The molecule has 1 saturated heterocycles. The number of rotatable bonds is 1. The van der Waals surface area contributed by atoms with Gasteiger partial charge in [0.2, 0.25) is 0 Å². The van der Waals surface area contributed by atoms with Gasteiger partial charge in [-0.1, -0.05) is 6.92 Å². The van der Waals surface area contributed by atoms with Crippen LogP contribution < -0.4 is 5.73 Å². The van der Waals surface area contributed by atoms with Gasteiger partial charge in [0.1, 0.15) is 0 Å². The summed E-state index contributed by atoms with van der Waals surface area (Å²) in [5.41, 5.74) is 6.51. The second-order valence-electron chi connectivity index (χ2n) is 4.62. The molecule has 2 heterocycles. The molecule has 88 valence electrons. The van der Waals surface area contributed by atoms with Crippen molar-refractivity contribution in [1.82, 2.24) is 4.90 Å². The number of anilines is 1. The molecule has 0 spiro atoms. The van der Waals surface area contributed by atoms with Crippen molar-refractivity contribution in [2.24, 2.45) is 5.92 Å². The number of carbonyl (C=O) groups excluding carboxylic acids is 1. The molecule has 1 aromatic heterocycles. The Balaban J connectivity index is 2.12. The van der Waals surface area contributed by atoms with Crippen LogP contribution in [0.15, 0.2) is 6.07 Å². The third-order valence-electron chi connectivity index (χ3n) is 3.11. The molecule has 0 saturated carbocycles. The van der Waals surface area contributed by atoms with Gasteiger partial charge in [0.15, 0.2) is 0 Å². The first-order valence-corrected chi connectivity index (χ1v) is 6.54. The molecule has 2 N–H and O–H groups in total. The Morgan fingerprint density at radius 2 is 2.38 bits per heavy atom. The molecule has 1 atom stereocenters. The molecule has 0 radical (unpaired) electrons. The number of nitrogen functional groups attached to an aromatic ring is 1. The molecule has 1 aromatic rings. The highest BCUT2D eigenvalue weighted by molar-refractivity contribution is 7.14. The monoisotopic (exact) mass is 238 g/mol. The van der Waals surface area contributed by atoms with E-state index in [-0.39, 0.29) is 5.91 Å². The predicted octanol–water partition coefficient (Wildman–Crippen LogP) is 2.51. The van der Waals surface area contributed by atoms with Gasteiger partial charge in [0.05, 0.1) is 4.88 Å². The lowest BCUT2D eigenvalue weighted by Gasteiger charge is -2.30. The highest BCUT2D eigenvalue weighted by atomic mass is 32.1. The van der Waals surface area contributed by atoms with E-state index in [1.165, 1.54) is 17.8 Å². The lowest BCUT2D eigenvalue weighted by atomic mass is 10.0. The van der Waals surface area contributed by atoms with Gasteiger partial charge in [0.25, 0.3) is 5.91 Å². The van der Waals surface area contributed by atoms with Crippen LogP contribution in [0.1, 0.15) is 34.3 Å². The van der Waals surface area contributed by atoms with Crippen molar-refractivity contribution in [3.63, 3.8) is 0 Å². The van der Waals surface area contributed by atoms with Crippen LogP contribution in [0.4, 0.5) is 5.69 Å². The third-order valence-corrected chi connectivity index (χ3v) is 4.17. The Hall–Kier alpha value is -1.03. The predicted molar refractivity (Wildman–Crippen MR) is 67.8 cm³/mol. The fourth-order valence-electron chi connectivity index (χ4n) is 2.13. The summed E-state index contributed by atoms with van der Waals surface area (Å²) >= 11 is 1.50. The Morgan fingerprint density at radius 1 is 1.62 bits per heavy atom. The Kier molecular flexibility index (Phi) is 3.19. The molecule has 0 aromatic carbocycles. The van der Waals surface area contributed by atoms with Crippen LogP contribution in [0, 0.1) is 12.8 Å². The molecule has 1 unspecified atom stereocenters. The van der Waals surface area contributed by atoms with Gasteiger partial charge in [-0.05, 0) is 31.7 Å². The van der Waals surface area contributed by atoms with Crippen molar-refractivity contribution >= 4 is 22.9 Å². The molecule has 16 heavy (non-hydrogen) atoms. The maximum atomic E-state index is 12.2. The van der Waals surface area contributed by atoms with Gasteiger partial charge in [-0.15, -0.1) is 11.3 Å². The molecular formula is C12H18N2OS. The summed E-state index contributed by atoms with van der Waals surface area (Å²) in [5.74, 6) is 0.771. The Labute approximate surface area is 100 Å². The van der Waals surface area contributed by atoms with E-state index in [0.717, 1.165) is 35.0 Å². The number of hydrogen-bond acceptors (Lipinski definition) is 3. The van der Waals surface area contributed by atoms with Gasteiger partial charge >= 0.3 is 0 Å². The van der Waals surface area contributed by atoms with Crippen molar-refractivity contribution in [2.75, 3.05) is 18.8 Å². The molecule has 0 bridgehead atoms. The van der Waals surface area contributed by atoms with Crippen molar-refractivity contribution < 1.29 is 4.79 Å². The summed E-state index contributed by atoms with van der Waals surface area (Å²) in [7, 11) is 0. The average Bonchev–Trinajstić information content (AvgIpc) is 2.58. The SMILES string of the molecule is Cc1sc(C(=O)N2CCCC(C)C2)cc1N. The van der Waals surface area contributed by atoms with Gasteiger partial charge in [-0.25, -0.2) is 0 Å². The molecule has 2 rings (SSSR count). The number of nitrogens with zero attached hydrogens (tertiary/aromatic N) is 1. The summed E-state index contributed by atoms with van der Waals surface area (Å²) in [4.78, 5) is 16.0. The zero-order valence-electron chi connectivity index (χ0n) is 9.82. The van der Waals surface area contributed by atoms with Crippen molar-refractivity contribution in [1.29, 1.82) is 0 Å². The zero-order chi connectivity index (χ0) is 11.7. The van der Waals surface area contributed by atoms with E-state index in [4.69, 9.17) is 5.73 Å². The smallest absolute Gasteiger partial charge is 0.264 e. The largest absolute Gasteiger partial charge is 0.398 e. The van der Waals surface area contributed by atoms with Crippen LogP contribution in [0.5, 0.6) is 0 Å². The van der Waals surface area contributed by atoms with Crippen molar-refractivity contribution in [3.05, 3.63) is 15.8 Å². The second kappa shape index (κ2) is 4.45. The number of piperidine rings is 1. The number of carbonyl (C=O) groups is 1.